The fourth-order valence-corrected chi connectivity index (χ4v) is 2.15. The quantitative estimate of drug-likeness (QED) is 0.690. The monoisotopic (exact) mass is 306 g/mol. The van der Waals surface area contributed by atoms with Crippen molar-refractivity contribution in [1.29, 1.82) is 0 Å². The van der Waals surface area contributed by atoms with Crippen LogP contribution in [0.15, 0.2) is 24.3 Å². The van der Waals surface area contributed by atoms with Gasteiger partial charge in [-0.1, -0.05) is 46.2 Å². The topological polar surface area (TPSA) is 78.4 Å². The third-order valence-electron chi connectivity index (χ3n) is 3.80. The third-order valence-corrected chi connectivity index (χ3v) is 3.80. The second-order valence-electron chi connectivity index (χ2n) is 5.91. The highest BCUT2D eigenvalue weighted by atomic mass is 16.4. The maximum absolute atomic E-state index is 12.0. The second kappa shape index (κ2) is 8.54. The average Bonchev–Trinajstić information content (AvgIpc) is 2.46. The molecule has 3 N–H and O–H groups in total. The summed E-state index contributed by atoms with van der Waals surface area (Å²) in [6.45, 7) is 7.95. The number of carbonyl (C=O) groups is 2. The minimum Gasteiger partial charge on any atom is -0.480 e. The van der Waals surface area contributed by atoms with Gasteiger partial charge in [0.25, 0.3) is 0 Å². The van der Waals surface area contributed by atoms with Crippen molar-refractivity contribution < 1.29 is 14.7 Å². The fraction of sp³-hybridized carbons (Fsp3) is 0.529. The van der Waals surface area contributed by atoms with Crippen LogP contribution in [-0.4, -0.2) is 29.6 Å². The van der Waals surface area contributed by atoms with Crippen molar-refractivity contribution in [3.05, 3.63) is 29.8 Å². The van der Waals surface area contributed by atoms with Crippen molar-refractivity contribution in [2.75, 3.05) is 11.9 Å². The Bertz CT molecular complexity index is 514. The number of carboxylic acids is 1. The lowest BCUT2D eigenvalue weighted by Crippen LogP contribution is -2.45. The van der Waals surface area contributed by atoms with Gasteiger partial charge in [0.05, 0.1) is 6.54 Å². The maximum atomic E-state index is 12.0. The molecule has 1 aromatic carbocycles. The molecule has 0 aliphatic heterocycles. The molecule has 1 amide bonds. The molecule has 0 bridgehead atoms. The van der Waals surface area contributed by atoms with Crippen LogP contribution in [0.4, 0.5) is 5.69 Å². The Morgan fingerprint density at radius 1 is 1.23 bits per heavy atom. The highest BCUT2D eigenvalue weighted by Gasteiger charge is 2.23. The van der Waals surface area contributed by atoms with Gasteiger partial charge in [-0.3, -0.25) is 14.9 Å². The van der Waals surface area contributed by atoms with Crippen LogP contribution in [0.1, 0.15) is 45.6 Å². The molecule has 5 heteroatoms. The van der Waals surface area contributed by atoms with Gasteiger partial charge in [-0.15, -0.1) is 0 Å². The molecule has 1 aromatic rings. The second-order valence-corrected chi connectivity index (χ2v) is 5.91. The lowest BCUT2D eigenvalue weighted by Gasteiger charge is -2.20. The number of anilines is 1. The molecule has 0 radical (unpaired) electrons. The summed E-state index contributed by atoms with van der Waals surface area (Å²) in [6, 6.07) is 6.97. The molecule has 0 unspecified atom stereocenters. The standard InChI is InChI=1S/C17H26N2O3/c1-5-12(4)16(17(21)22)18-10-15(20)19-14-8-6-7-13(9-14)11(2)3/h6-9,11-12,16,18H,5,10H2,1-4H3,(H,19,20)(H,21,22)/t12-,16-/m0/s1. The van der Waals surface area contributed by atoms with E-state index in [9.17, 15) is 14.7 Å². The number of hydrogen-bond donors (Lipinski definition) is 3. The third kappa shape index (κ3) is 5.48. The van der Waals surface area contributed by atoms with Crippen LogP contribution < -0.4 is 10.6 Å². The number of carboxylic acid groups (broad SMARTS) is 1. The van der Waals surface area contributed by atoms with Crippen LogP contribution in [0.25, 0.3) is 0 Å². The van der Waals surface area contributed by atoms with Gasteiger partial charge in [0.15, 0.2) is 0 Å². The summed E-state index contributed by atoms with van der Waals surface area (Å²) in [6.07, 6.45) is 0.738. The smallest absolute Gasteiger partial charge is 0.320 e. The summed E-state index contributed by atoms with van der Waals surface area (Å²) in [4.78, 5) is 23.2. The Balaban J connectivity index is 2.59. The van der Waals surface area contributed by atoms with Gasteiger partial charge in [-0.25, -0.2) is 0 Å². The van der Waals surface area contributed by atoms with E-state index >= 15 is 0 Å². The minimum atomic E-state index is -0.927. The van der Waals surface area contributed by atoms with Crippen LogP contribution >= 0.6 is 0 Å². The molecule has 5 nitrogen and oxygen atoms in total. The van der Waals surface area contributed by atoms with Gasteiger partial charge in [0.1, 0.15) is 6.04 Å². The highest BCUT2D eigenvalue weighted by molar-refractivity contribution is 5.92. The zero-order valence-corrected chi connectivity index (χ0v) is 13.7. The van der Waals surface area contributed by atoms with Gasteiger partial charge in [-0.05, 0) is 29.5 Å². The molecular formula is C17H26N2O3. The van der Waals surface area contributed by atoms with Crippen molar-refractivity contribution in [1.82, 2.24) is 5.32 Å². The molecule has 122 valence electrons. The van der Waals surface area contributed by atoms with Crippen molar-refractivity contribution >= 4 is 17.6 Å². The van der Waals surface area contributed by atoms with E-state index in [1.54, 1.807) is 0 Å². The molecule has 0 saturated carbocycles. The predicted molar refractivity (Wildman–Crippen MR) is 88.0 cm³/mol. The first kappa shape index (κ1) is 18.2. The molecule has 0 fully saturated rings. The summed E-state index contributed by atoms with van der Waals surface area (Å²) < 4.78 is 0. The van der Waals surface area contributed by atoms with Crippen LogP contribution in [0.3, 0.4) is 0 Å². The lowest BCUT2D eigenvalue weighted by molar-refractivity contribution is -0.140. The normalized spacial score (nSPS) is 13.7. The molecule has 0 saturated heterocycles. The Morgan fingerprint density at radius 3 is 2.45 bits per heavy atom. The van der Waals surface area contributed by atoms with E-state index in [-0.39, 0.29) is 18.4 Å². The first-order valence-electron chi connectivity index (χ1n) is 7.71. The largest absolute Gasteiger partial charge is 0.480 e. The van der Waals surface area contributed by atoms with Gasteiger partial charge in [-0.2, -0.15) is 0 Å². The summed E-state index contributed by atoms with van der Waals surface area (Å²) >= 11 is 0. The van der Waals surface area contributed by atoms with Crippen LogP contribution in [0, 0.1) is 5.92 Å². The van der Waals surface area contributed by atoms with Crippen LogP contribution in [0.5, 0.6) is 0 Å². The number of nitrogens with one attached hydrogen (secondary N) is 2. The van der Waals surface area contributed by atoms with Crippen molar-refractivity contribution in [3.8, 4) is 0 Å². The predicted octanol–water partition coefficient (Wildman–Crippen LogP) is 2.84. The van der Waals surface area contributed by atoms with Gasteiger partial charge < -0.3 is 10.4 Å². The van der Waals surface area contributed by atoms with E-state index < -0.39 is 12.0 Å². The van der Waals surface area contributed by atoms with E-state index in [1.165, 1.54) is 0 Å². The van der Waals surface area contributed by atoms with E-state index in [0.29, 0.717) is 5.92 Å². The zero-order valence-electron chi connectivity index (χ0n) is 13.7. The maximum Gasteiger partial charge on any atom is 0.320 e. The molecule has 1 rings (SSSR count). The summed E-state index contributed by atoms with van der Waals surface area (Å²) in [5.74, 6) is -0.814. The van der Waals surface area contributed by atoms with E-state index in [0.717, 1.165) is 17.7 Å². The number of benzene rings is 1. The summed E-state index contributed by atoms with van der Waals surface area (Å²) in [5, 5.41) is 14.8. The van der Waals surface area contributed by atoms with Gasteiger partial charge >= 0.3 is 5.97 Å². The Kier molecular flexibility index (Phi) is 7.05. The van der Waals surface area contributed by atoms with Crippen LogP contribution in [-0.2, 0) is 9.59 Å². The Labute approximate surface area is 132 Å². The van der Waals surface area contributed by atoms with E-state index in [1.807, 2.05) is 38.1 Å². The molecule has 22 heavy (non-hydrogen) atoms. The number of amides is 1. The zero-order chi connectivity index (χ0) is 16.7. The SMILES string of the molecule is CC[C@H](C)[C@H](NCC(=O)Nc1cccc(C(C)C)c1)C(=O)O. The Morgan fingerprint density at radius 2 is 1.91 bits per heavy atom. The molecule has 0 aromatic heterocycles. The molecule has 0 aliphatic carbocycles. The van der Waals surface area contributed by atoms with Gasteiger partial charge in [0, 0.05) is 5.69 Å². The highest BCUT2D eigenvalue weighted by Crippen LogP contribution is 2.18. The number of aliphatic carboxylic acids is 1. The van der Waals surface area contributed by atoms with E-state index in [2.05, 4.69) is 24.5 Å². The number of carbonyl (C=O) groups excluding carboxylic acids is 1. The van der Waals surface area contributed by atoms with Crippen molar-refractivity contribution in [2.45, 2.75) is 46.1 Å². The first-order chi connectivity index (χ1) is 10.3. The molecule has 0 heterocycles. The number of hydrogen-bond acceptors (Lipinski definition) is 3. The molecule has 2 atom stereocenters. The molecule has 0 spiro atoms. The van der Waals surface area contributed by atoms with Crippen LogP contribution in [0.2, 0.25) is 0 Å². The van der Waals surface area contributed by atoms with Gasteiger partial charge in [0.2, 0.25) is 5.91 Å². The molecule has 0 aliphatic rings. The average molecular weight is 306 g/mol. The molecular weight excluding hydrogens is 280 g/mol. The van der Waals surface area contributed by atoms with Crippen molar-refractivity contribution in [3.63, 3.8) is 0 Å². The summed E-state index contributed by atoms with van der Waals surface area (Å²) in [7, 11) is 0. The van der Waals surface area contributed by atoms with Crippen molar-refractivity contribution in [2.24, 2.45) is 5.92 Å². The minimum absolute atomic E-state index is 0.0206. The summed E-state index contributed by atoms with van der Waals surface area (Å²) in [5.41, 5.74) is 1.88. The first-order valence-corrected chi connectivity index (χ1v) is 7.71. The van der Waals surface area contributed by atoms with E-state index in [4.69, 9.17) is 0 Å². The number of rotatable bonds is 8. The fourth-order valence-electron chi connectivity index (χ4n) is 2.15. The lowest BCUT2D eigenvalue weighted by atomic mass is 9.99. The Hall–Kier alpha value is -1.88.